The number of hydrogen-bond acceptors (Lipinski definition) is 4. The van der Waals surface area contributed by atoms with Gasteiger partial charge >= 0.3 is 0 Å². The summed E-state index contributed by atoms with van der Waals surface area (Å²) in [6, 6.07) is 12.8. The number of aromatic nitrogens is 1. The second kappa shape index (κ2) is 5.75. The molecule has 2 aromatic carbocycles. The Kier molecular flexibility index (Phi) is 3.48. The van der Waals surface area contributed by atoms with Gasteiger partial charge in [0.1, 0.15) is 13.2 Å². The van der Waals surface area contributed by atoms with Gasteiger partial charge in [-0.05, 0) is 23.8 Å². The number of nitrogens with one attached hydrogen (secondary N) is 1. The van der Waals surface area contributed by atoms with Crippen LogP contribution in [0.1, 0.15) is 11.3 Å². The predicted molar refractivity (Wildman–Crippen MR) is 97.0 cm³/mol. The van der Waals surface area contributed by atoms with Gasteiger partial charge in [0.25, 0.3) is 0 Å². The highest BCUT2D eigenvalue weighted by molar-refractivity contribution is 7.89. The molecule has 2 aliphatic rings. The zero-order chi connectivity index (χ0) is 17.7. The van der Waals surface area contributed by atoms with E-state index in [9.17, 15) is 8.42 Å². The van der Waals surface area contributed by atoms with Crippen molar-refractivity contribution in [1.82, 2.24) is 9.29 Å². The van der Waals surface area contributed by atoms with E-state index >= 15 is 0 Å². The lowest BCUT2D eigenvalue weighted by Gasteiger charge is -2.27. The molecule has 0 unspecified atom stereocenters. The highest BCUT2D eigenvalue weighted by atomic mass is 32.2. The molecule has 2 aliphatic heterocycles. The van der Waals surface area contributed by atoms with E-state index in [-0.39, 0.29) is 4.90 Å². The van der Waals surface area contributed by atoms with Crippen LogP contribution in [-0.4, -0.2) is 37.5 Å². The molecule has 1 N–H and O–H groups in total. The summed E-state index contributed by atoms with van der Waals surface area (Å²) in [5.74, 6) is 1.08. The fourth-order valence-corrected chi connectivity index (χ4v) is 5.10. The number of ether oxygens (including phenoxy) is 2. The lowest BCUT2D eigenvalue weighted by molar-refractivity contribution is 0.171. The second-order valence-corrected chi connectivity index (χ2v) is 8.46. The van der Waals surface area contributed by atoms with Gasteiger partial charge in [-0.3, -0.25) is 0 Å². The SMILES string of the molecule is O=S(=O)(c1ccc2c(c1)OCCO2)N1CCc2[nH]c3ccccc3c2C1. The molecule has 0 saturated carbocycles. The molecule has 0 fully saturated rings. The topological polar surface area (TPSA) is 71.6 Å². The van der Waals surface area contributed by atoms with Gasteiger partial charge in [0, 0.05) is 42.2 Å². The van der Waals surface area contributed by atoms with Gasteiger partial charge in [0.2, 0.25) is 10.0 Å². The third-order valence-electron chi connectivity index (χ3n) is 5.00. The maximum Gasteiger partial charge on any atom is 0.243 e. The van der Waals surface area contributed by atoms with Crippen molar-refractivity contribution >= 4 is 20.9 Å². The minimum Gasteiger partial charge on any atom is -0.486 e. The number of rotatable bonds is 2. The summed E-state index contributed by atoms with van der Waals surface area (Å²) in [7, 11) is -3.60. The molecule has 0 spiro atoms. The van der Waals surface area contributed by atoms with Crippen molar-refractivity contribution in [2.24, 2.45) is 0 Å². The quantitative estimate of drug-likeness (QED) is 0.753. The van der Waals surface area contributed by atoms with Crippen LogP contribution in [0.4, 0.5) is 0 Å². The molecule has 3 heterocycles. The summed E-state index contributed by atoms with van der Waals surface area (Å²) in [5, 5.41) is 1.09. The van der Waals surface area contributed by atoms with Crippen molar-refractivity contribution in [2.75, 3.05) is 19.8 Å². The first kappa shape index (κ1) is 15.7. The molecule has 0 saturated heterocycles. The molecule has 0 atom stereocenters. The van der Waals surface area contributed by atoms with Crippen LogP contribution < -0.4 is 9.47 Å². The molecule has 134 valence electrons. The van der Waals surface area contributed by atoms with Gasteiger partial charge in [0.05, 0.1) is 4.90 Å². The number of para-hydroxylation sites is 1. The zero-order valence-electron chi connectivity index (χ0n) is 14.1. The standard InChI is InChI=1S/C19H18N2O4S/c22-26(23,13-5-6-18-19(11-13)25-10-9-24-18)21-8-7-17-15(12-21)14-3-1-2-4-16(14)20-17/h1-6,11,20H,7-10,12H2. The van der Waals surface area contributed by atoms with Crippen LogP contribution in [0.15, 0.2) is 47.4 Å². The van der Waals surface area contributed by atoms with Gasteiger partial charge in [-0.1, -0.05) is 18.2 Å². The van der Waals surface area contributed by atoms with Gasteiger partial charge in [-0.25, -0.2) is 8.42 Å². The monoisotopic (exact) mass is 370 g/mol. The minimum absolute atomic E-state index is 0.241. The van der Waals surface area contributed by atoms with E-state index < -0.39 is 10.0 Å². The van der Waals surface area contributed by atoms with E-state index in [1.165, 1.54) is 0 Å². The van der Waals surface area contributed by atoms with Crippen LogP contribution in [0, 0.1) is 0 Å². The summed E-state index contributed by atoms with van der Waals surface area (Å²) < 4.78 is 38.9. The first-order valence-electron chi connectivity index (χ1n) is 8.61. The fourth-order valence-electron chi connectivity index (χ4n) is 3.68. The maximum absolute atomic E-state index is 13.2. The Balaban J connectivity index is 1.51. The molecule has 0 aliphatic carbocycles. The van der Waals surface area contributed by atoms with Crippen LogP contribution in [0.3, 0.4) is 0 Å². The number of nitrogens with zero attached hydrogens (tertiary/aromatic N) is 1. The lowest BCUT2D eigenvalue weighted by atomic mass is 10.1. The largest absolute Gasteiger partial charge is 0.486 e. The van der Waals surface area contributed by atoms with Crippen LogP contribution in [0.2, 0.25) is 0 Å². The average Bonchev–Trinajstić information content (AvgIpc) is 3.05. The first-order chi connectivity index (χ1) is 12.6. The Morgan fingerprint density at radius 1 is 1.00 bits per heavy atom. The van der Waals surface area contributed by atoms with E-state index in [2.05, 4.69) is 4.98 Å². The molecule has 5 rings (SSSR count). The normalized spacial score (nSPS) is 17.2. The minimum atomic E-state index is -3.60. The van der Waals surface area contributed by atoms with Crippen molar-refractivity contribution in [3.63, 3.8) is 0 Å². The third-order valence-corrected chi connectivity index (χ3v) is 6.84. The molecular weight excluding hydrogens is 352 g/mol. The van der Waals surface area contributed by atoms with Crippen LogP contribution in [-0.2, 0) is 23.0 Å². The van der Waals surface area contributed by atoms with Crippen LogP contribution in [0.5, 0.6) is 11.5 Å². The molecule has 7 heteroatoms. The average molecular weight is 370 g/mol. The smallest absolute Gasteiger partial charge is 0.243 e. The Labute approximate surface area is 151 Å². The predicted octanol–water partition coefficient (Wildman–Crippen LogP) is 2.69. The molecule has 0 bridgehead atoms. The number of fused-ring (bicyclic) bond motifs is 4. The summed E-state index contributed by atoms with van der Waals surface area (Å²) in [6.45, 7) is 1.74. The van der Waals surface area contributed by atoms with E-state index in [0.29, 0.717) is 44.2 Å². The number of aromatic amines is 1. The lowest BCUT2D eigenvalue weighted by Crippen LogP contribution is -2.35. The van der Waals surface area contributed by atoms with Crippen molar-refractivity contribution in [3.05, 3.63) is 53.7 Å². The van der Waals surface area contributed by atoms with E-state index in [1.54, 1.807) is 22.5 Å². The van der Waals surface area contributed by atoms with Gasteiger partial charge in [-0.15, -0.1) is 0 Å². The molecule has 26 heavy (non-hydrogen) atoms. The van der Waals surface area contributed by atoms with Crippen molar-refractivity contribution in [1.29, 1.82) is 0 Å². The number of hydrogen-bond donors (Lipinski definition) is 1. The molecule has 0 radical (unpaired) electrons. The van der Waals surface area contributed by atoms with Crippen molar-refractivity contribution in [2.45, 2.75) is 17.9 Å². The zero-order valence-corrected chi connectivity index (χ0v) is 14.9. The first-order valence-corrected chi connectivity index (χ1v) is 10.1. The van der Waals surface area contributed by atoms with E-state index in [0.717, 1.165) is 22.2 Å². The van der Waals surface area contributed by atoms with Crippen molar-refractivity contribution < 1.29 is 17.9 Å². The van der Waals surface area contributed by atoms with Crippen molar-refractivity contribution in [3.8, 4) is 11.5 Å². The van der Waals surface area contributed by atoms with Crippen LogP contribution >= 0.6 is 0 Å². The molecule has 0 amide bonds. The maximum atomic E-state index is 13.2. The Morgan fingerprint density at radius 2 is 1.81 bits per heavy atom. The molecule has 1 aromatic heterocycles. The summed E-state index contributed by atoms with van der Waals surface area (Å²) in [5.41, 5.74) is 3.24. The third kappa shape index (κ3) is 2.39. The summed E-state index contributed by atoms with van der Waals surface area (Å²) in [4.78, 5) is 3.65. The van der Waals surface area contributed by atoms with Gasteiger partial charge in [-0.2, -0.15) is 4.31 Å². The van der Waals surface area contributed by atoms with Crippen LogP contribution in [0.25, 0.3) is 10.9 Å². The molecule has 3 aromatic rings. The van der Waals surface area contributed by atoms with Gasteiger partial charge < -0.3 is 14.5 Å². The highest BCUT2D eigenvalue weighted by Crippen LogP contribution is 2.35. The Morgan fingerprint density at radius 3 is 2.69 bits per heavy atom. The summed E-state index contributed by atoms with van der Waals surface area (Å²) >= 11 is 0. The van der Waals surface area contributed by atoms with E-state index in [1.807, 2.05) is 24.3 Å². The Hall–Kier alpha value is -2.51. The highest BCUT2D eigenvalue weighted by Gasteiger charge is 2.31. The number of H-pyrrole nitrogens is 1. The molecule has 6 nitrogen and oxygen atoms in total. The van der Waals surface area contributed by atoms with E-state index in [4.69, 9.17) is 9.47 Å². The molecular formula is C19H18N2O4S. The second-order valence-electron chi connectivity index (χ2n) is 6.52. The Bertz CT molecular complexity index is 1100. The van der Waals surface area contributed by atoms with Gasteiger partial charge in [0.15, 0.2) is 11.5 Å². The number of benzene rings is 2. The summed E-state index contributed by atoms with van der Waals surface area (Å²) in [6.07, 6.45) is 0.674. The number of sulfonamides is 1. The fraction of sp³-hybridized carbons (Fsp3) is 0.263.